The predicted molar refractivity (Wildman–Crippen MR) is 67.3 cm³/mol. The van der Waals surface area contributed by atoms with Crippen LogP contribution in [0.3, 0.4) is 0 Å². The Morgan fingerprint density at radius 1 is 1.53 bits per heavy atom. The number of nitrogens with zero attached hydrogens (tertiary/aromatic N) is 3. The monoisotopic (exact) mass is 257 g/mol. The minimum Gasteiger partial charge on any atom is -0.471 e. The van der Waals surface area contributed by atoms with Gasteiger partial charge in [-0.05, 0) is 24.8 Å². The molecule has 2 heterocycles. The molecule has 0 N–H and O–H groups in total. The molecule has 1 aliphatic heterocycles. The van der Waals surface area contributed by atoms with Gasteiger partial charge in [-0.25, -0.2) is 4.98 Å². The molecular weight excluding hydrogens is 242 g/mol. The molecule has 1 saturated heterocycles. The average molecular weight is 257 g/mol. The van der Waals surface area contributed by atoms with E-state index in [9.17, 15) is 4.79 Å². The third-order valence-electron chi connectivity index (χ3n) is 3.51. The molecule has 0 unspecified atom stereocenters. The second kappa shape index (κ2) is 4.88. The maximum Gasteiger partial charge on any atom is 0.223 e. The first-order chi connectivity index (χ1) is 9.24. The fourth-order valence-corrected chi connectivity index (χ4v) is 2.13. The van der Waals surface area contributed by atoms with Crippen molar-refractivity contribution in [1.29, 1.82) is 5.26 Å². The largest absolute Gasteiger partial charge is 0.471 e. The Morgan fingerprint density at radius 2 is 2.32 bits per heavy atom. The normalized spacial score (nSPS) is 18.6. The van der Waals surface area contributed by atoms with Gasteiger partial charge in [0.05, 0.1) is 24.7 Å². The van der Waals surface area contributed by atoms with E-state index in [1.165, 1.54) is 12.8 Å². The molecule has 2 fully saturated rings. The van der Waals surface area contributed by atoms with E-state index in [2.05, 4.69) is 4.98 Å². The highest BCUT2D eigenvalue weighted by Crippen LogP contribution is 2.33. The van der Waals surface area contributed by atoms with Crippen molar-refractivity contribution in [2.75, 3.05) is 13.1 Å². The van der Waals surface area contributed by atoms with Gasteiger partial charge in [0.25, 0.3) is 0 Å². The van der Waals surface area contributed by atoms with Crippen LogP contribution < -0.4 is 4.74 Å². The molecule has 0 bridgehead atoms. The maximum absolute atomic E-state index is 11.8. The van der Waals surface area contributed by atoms with E-state index in [0.29, 0.717) is 36.9 Å². The van der Waals surface area contributed by atoms with E-state index in [0.717, 1.165) is 0 Å². The molecule has 0 aromatic carbocycles. The van der Waals surface area contributed by atoms with E-state index in [4.69, 9.17) is 10.00 Å². The van der Waals surface area contributed by atoms with E-state index in [1.807, 2.05) is 11.0 Å². The number of amides is 1. The number of hydrogen-bond donors (Lipinski definition) is 0. The van der Waals surface area contributed by atoms with Crippen molar-refractivity contribution in [3.63, 3.8) is 0 Å². The second-order valence-electron chi connectivity index (χ2n) is 5.18. The van der Waals surface area contributed by atoms with Crippen LogP contribution in [0.15, 0.2) is 18.3 Å². The highest BCUT2D eigenvalue weighted by Gasteiger charge is 2.35. The standard InChI is InChI=1S/C14H15N3O2/c15-7-11-3-4-16-13(5-11)19-12-8-17(9-12)14(18)6-10-1-2-10/h3-5,10,12H,1-2,6,8-9H2. The summed E-state index contributed by atoms with van der Waals surface area (Å²) >= 11 is 0. The lowest BCUT2D eigenvalue weighted by Crippen LogP contribution is -2.56. The van der Waals surface area contributed by atoms with Crippen molar-refractivity contribution in [2.24, 2.45) is 5.92 Å². The zero-order valence-corrected chi connectivity index (χ0v) is 10.6. The lowest BCUT2D eigenvalue weighted by atomic mass is 10.1. The van der Waals surface area contributed by atoms with Crippen LogP contribution in [0.2, 0.25) is 0 Å². The molecule has 0 spiro atoms. The van der Waals surface area contributed by atoms with Crippen LogP contribution >= 0.6 is 0 Å². The molecule has 98 valence electrons. The number of ether oxygens (including phenoxy) is 1. The minimum atomic E-state index is 0.00426. The van der Waals surface area contributed by atoms with Crippen LogP contribution in [0.25, 0.3) is 0 Å². The summed E-state index contributed by atoms with van der Waals surface area (Å²) in [6, 6.07) is 5.31. The number of likely N-dealkylation sites (tertiary alicyclic amines) is 1. The summed E-state index contributed by atoms with van der Waals surface area (Å²) in [6.07, 6.45) is 4.65. The molecular formula is C14H15N3O2. The molecule has 3 rings (SSSR count). The van der Waals surface area contributed by atoms with Crippen molar-refractivity contribution in [2.45, 2.75) is 25.4 Å². The van der Waals surface area contributed by atoms with E-state index in [-0.39, 0.29) is 12.0 Å². The third kappa shape index (κ3) is 2.84. The molecule has 19 heavy (non-hydrogen) atoms. The first-order valence-electron chi connectivity index (χ1n) is 6.55. The van der Waals surface area contributed by atoms with Gasteiger partial charge in [0, 0.05) is 18.7 Å². The molecule has 1 aromatic rings. The fourth-order valence-electron chi connectivity index (χ4n) is 2.13. The molecule has 1 saturated carbocycles. The Morgan fingerprint density at radius 3 is 3.00 bits per heavy atom. The van der Waals surface area contributed by atoms with Gasteiger partial charge in [0.15, 0.2) is 0 Å². The highest BCUT2D eigenvalue weighted by atomic mass is 16.5. The Labute approximate surface area is 111 Å². The number of pyridine rings is 1. The zero-order chi connectivity index (χ0) is 13.2. The lowest BCUT2D eigenvalue weighted by Gasteiger charge is -2.38. The summed E-state index contributed by atoms with van der Waals surface area (Å²) in [5, 5.41) is 8.79. The summed E-state index contributed by atoms with van der Waals surface area (Å²) in [5.74, 6) is 1.32. The number of nitriles is 1. The van der Waals surface area contributed by atoms with Gasteiger partial charge in [-0.3, -0.25) is 4.79 Å². The smallest absolute Gasteiger partial charge is 0.223 e. The van der Waals surface area contributed by atoms with Gasteiger partial charge in [-0.15, -0.1) is 0 Å². The van der Waals surface area contributed by atoms with Crippen molar-refractivity contribution in [3.8, 4) is 11.9 Å². The lowest BCUT2D eigenvalue weighted by molar-refractivity contribution is -0.140. The summed E-state index contributed by atoms with van der Waals surface area (Å²) in [4.78, 5) is 17.7. The molecule has 5 heteroatoms. The van der Waals surface area contributed by atoms with Crippen molar-refractivity contribution >= 4 is 5.91 Å². The van der Waals surface area contributed by atoms with Crippen LogP contribution in [0.5, 0.6) is 5.88 Å². The van der Waals surface area contributed by atoms with Crippen LogP contribution in [-0.4, -0.2) is 35.0 Å². The maximum atomic E-state index is 11.8. The molecule has 1 aliphatic carbocycles. The summed E-state index contributed by atoms with van der Waals surface area (Å²) in [6.45, 7) is 1.26. The minimum absolute atomic E-state index is 0.00426. The van der Waals surface area contributed by atoms with Gasteiger partial charge in [0.2, 0.25) is 11.8 Å². The van der Waals surface area contributed by atoms with E-state index < -0.39 is 0 Å². The van der Waals surface area contributed by atoms with Crippen molar-refractivity contribution < 1.29 is 9.53 Å². The molecule has 1 aromatic heterocycles. The third-order valence-corrected chi connectivity index (χ3v) is 3.51. The Balaban J connectivity index is 1.48. The van der Waals surface area contributed by atoms with Crippen LogP contribution in [0.4, 0.5) is 0 Å². The first-order valence-corrected chi connectivity index (χ1v) is 6.55. The summed E-state index contributed by atoms with van der Waals surface area (Å²) in [5.41, 5.74) is 0.533. The fraction of sp³-hybridized carbons (Fsp3) is 0.500. The molecule has 0 atom stereocenters. The van der Waals surface area contributed by atoms with Crippen LogP contribution in [0, 0.1) is 17.2 Å². The second-order valence-corrected chi connectivity index (χ2v) is 5.18. The van der Waals surface area contributed by atoms with Crippen molar-refractivity contribution in [3.05, 3.63) is 23.9 Å². The number of rotatable bonds is 4. The van der Waals surface area contributed by atoms with E-state index in [1.54, 1.807) is 18.3 Å². The van der Waals surface area contributed by atoms with Gasteiger partial charge < -0.3 is 9.64 Å². The Kier molecular flexibility index (Phi) is 3.08. The Bertz CT molecular complexity index is 528. The zero-order valence-electron chi connectivity index (χ0n) is 10.6. The molecule has 1 amide bonds. The van der Waals surface area contributed by atoms with Gasteiger partial charge in [-0.1, -0.05) is 0 Å². The summed E-state index contributed by atoms with van der Waals surface area (Å²) < 4.78 is 5.64. The van der Waals surface area contributed by atoms with Gasteiger partial charge in [-0.2, -0.15) is 5.26 Å². The van der Waals surface area contributed by atoms with Crippen molar-refractivity contribution in [1.82, 2.24) is 9.88 Å². The SMILES string of the molecule is N#Cc1ccnc(OC2CN(C(=O)CC3CC3)C2)c1. The van der Waals surface area contributed by atoms with Crippen LogP contribution in [0.1, 0.15) is 24.8 Å². The Hall–Kier alpha value is -2.09. The number of aromatic nitrogens is 1. The van der Waals surface area contributed by atoms with Crippen LogP contribution in [-0.2, 0) is 4.79 Å². The molecule has 2 aliphatic rings. The first kappa shape index (κ1) is 12.0. The molecule has 5 nitrogen and oxygen atoms in total. The van der Waals surface area contributed by atoms with E-state index >= 15 is 0 Å². The number of carbonyl (C=O) groups excluding carboxylic acids is 1. The average Bonchev–Trinajstić information content (AvgIpc) is 3.17. The quantitative estimate of drug-likeness (QED) is 0.816. The highest BCUT2D eigenvalue weighted by molar-refractivity contribution is 5.77. The topological polar surface area (TPSA) is 66.2 Å². The predicted octanol–water partition coefficient (Wildman–Crippen LogP) is 1.34. The number of carbonyl (C=O) groups is 1. The number of hydrogen-bond acceptors (Lipinski definition) is 4. The van der Waals surface area contributed by atoms with Gasteiger partial charge >= 0.3 is 0 Å². The van der Waals surface area contributed by atoms with Gasteiger partial charge in [0.1, 0.15) is 6.10 Å². The molecule has 0 radical (unpaired) electrons. The summed E-state index contributed by atoms with van der Waals surface area (Å²) in [7, 11) is 0.